The van der Waals surface area contributed by atoms with Gasteiger partial charge in [-0.15, -0.1) is 0 Å². The van der Waals surface area contributed by atoms with Gasteiger partial charge in [0.1, 0.15) is 17.6 Å². The van der Waals surface area contributed by atoms with Crippen LogP contribution in [-0.2, 0) is 0 Å². The highest BCUT2D eigenvalue weighted by Crippen LogP contribution is 2.20. The van der Waals surface area contributed by atoms with Crippen LogP contribution in [0.1, 0.15) is 5.69 Å². The van der Waals surface area contributed by atoms with Crippen molar-refractivity contribution in [3.05, 3.63) is 42.4 Å². The Morgan fingerprint density at radius 2 is 1.48 bits per heavy atom. The summed E-state index contributed by atoms with van der Waals surface area (Å²) >= 11 is 0. The van der Waals surface area contributed by atoms with Gasteiger partial charge in [0.2, 0.25) is 0 Å². The summed E-state index contributed by atoms with van der Waals surface area (Å²) in [5.74, 6) is 0.543. The van der Waals surface area contributed by atoms with Crippen LogP contribution in [-0.4, -0.2) is 36.1 Å². The lowest BCUT2D eigenvalue weighted by Gasteiger charge is -2.37. The number of piperazine rings is 1. The predicted octanol–water partition coefficient (Wildman–Crippen LogP) is 1.26. The first kappa shape index (κ1) is 13.2. The average molecular weight is 280 g/mol. The topological polar surface area (TPSA) is 82.1 Å². The molecule has 0 aliphatic carbocycles. The van der Waals surface area contributed by atoms with E-state index in [2.05, 4.69) is 19.8 Å². The zero-order valence-electron chi connectivity index (χ0n) is 11.6. The van der Waals surface area contributed by atoms with Crippen molar-refractivity contribution < 1.29 is 0 Å². The molecule has 0 bridgehead atoms. The Morgan fingerprint density at radius 1 is 0.905 bits per heavy atom. The summed E-state index contributed by atoms with van der Waals surface area (Å²) in [5, 5.41) is 8.77. The Labute approximate surface area is 123 Å². The van der Waals surface area contributed by atoms with Crippen LogP contribution in [0, 0.1) is 11.3 Å². The highest BCUT2D eigenvalue weighted by molar-refractivity contribution is 5.52. The van der Waals surface area contributed by atoms with Gasteiger partial charge in [-0.05, 0) is 24.3 Å². The van der Waals surface area contributed by atoms with Crippen LogP contribution in [0.5, 0.6) is 0 Å². The largest absolute Gasteiger partial charge is 0.384 e. The number of hydrogen-bond acceptors (Lipinski definition) is 6. The number of anilines is 3. The Balaban J connectivity index is 1.64. The summed E-state index contributed by atoms with van der Waals surface area (Å²) in [4.78, 5) is 12.8. The Kier molecular flexibility index (Phi) is 3.56. The van der Waals surface area contributed by atoms with E-state index in [0.29, 0.717) is 11.5 Å². The van der Waals surface area contributed by atoms with Crippen molar-refractivity contribution in [1.29, 1.82) is 5.26 Å². The number of aromatic nitrogens is 2. The van der Waals surface area contributed by atoms with Crippen molar-refractivity contribution >= 4 is 17.2 Å². The number of nitrogens with zero attached hydrogens (tertiary/aromatic N) is 5. The van der Waals surface area contributed by atoms with Gasteiger partial charge in [0.15, 0.2) is 0 Å². The molecule has 0 unspecified atom stereocenters. The van der Waals surface area contributed by atoms with Crippen molar-refractivity contribution in [3.8, 4) is 6.07 Å². The van der Waals surface area contributed by atoms with Crippen LogP contribution in [0.3, 0.4) is 0 Å². The smallest absolute Gasteiger partial charge is 0.140 e. The van der Waals surface area contributed by atoms with Gasteiger partial charge in [-0.3, -0.25) is 0 Å². The van der Waals surface area contributed by atoms with Gasteiger partial charge in [-0.1, -0.05) is 0 Å². The summed E-state index contributed by atoms with van der Waals surface area (Å²) in [7, 11) is 0. The second-order valence-electron chi connectivity index (χ2n) is 4.93. The van der Waals surface area contributed by atoms with E-state index in [-0.39, 0.29) is 0 Å². The minimum atomic E-state index is 0.449. The van der Waals surface area contributed by atoms with Crippen LogP contribution >= 0.6 is 0 Å². The number of nitrogen functional groups attached to an aromatic ring is 1. The number of nitrogens with two attached hydrogens (primary N) is 1. The molecule has 0 radical (unpaired) electrons. The standard InChI is InChI=1S/C15H16N6/c16-9-12-1-2-13(10-18-12)20-5-7-21(8-6-20)14-3-4-15(17)19-11-14/h1-4,10-11H,5-8H2,(H2,17,19). The molecule has 1 fully saturated rings. The minimum absolute atomic E-state index is 0.449. The molecule has 0 saturated carbocycles. The fourth-order valence-corrected chi connectivity index (χ4v) is 2.45. The third kappa shape index (κ3) is 2.87. The Morgan fingerprint density at radius 3 is 1.90 bits per heavy atom. The number of rotatable bonds is 2. The third-order valence-corrected chi connectivity index (χ3v) is 3.64. The third-order valence-electron chi connectivity index (χ3n) is 3.64. The molecule has 21 heavy (non-hydrogen) atoms. The lowest BCUT2D eigenvalue weighted by Crippen LogP contribution is -2.46. The van der Waals surface area contributed by atoms with E-state index in [1.54, 1.807) is 12.3 Å². The molecule has 0 spiro atoms. The van der Waals surface area contributed by atoms with Crippen molar-refractivity contribution in [2.45, 2.75) is 0 Å². The molecular weight excluding hydrogens is 264 g/mol. The van der Waals surface area contributed by atoms with Gasteiger partial charge in [0.25, 0.3) is 0 Å². The molecule has 2 N–H and O–H groups in total. The van der Waals surface area contributed by atoms with Crippen LogP contribution in [0.15, 0.2) is 36.7 Å². The van der Waals surface area contributed by atoms with Crippen LogP contribution in [0.2, 0.25) is 0 Å². The van der Waals surface area contributed by atoms with E-state index in [0.717, 1.165) is 37.6 Å². The maximum atomic E-state index is 8.77. The fourth-order valence-electron chi connectivity index (χ4n) is 2.45. The zero-order chi connectivity index (χ0) is 14.7. The van der Waals surface area contributed by atoms with Crippen molar-refractivity contribution in [1.82, 2.24) is 9.97 Å². The molecule has 2 aromatic heterocycles. The minimum Gasteiger partial charge on any atom is -0.384 e. The summed E-state index contributed by atoms with van der Waals surface area (Å²) in [6, 6.07) is 9.57. The zero-order valence-corrected chi connectivity index (χ0v) is 11.6. The van der Waals surface area contributed by atoms with E-state index in [1.807, 2.05) is 30.5 Å². The Bertz CT molecular complexity index is 635. The predicted molar refractivity (Wildman–Crippen MR) is 82.0 cm³/mol. The van der Waals surface area contributed by atoms with Gasteiger partial charge in [-0.25, -0.2) is 9.97 Å². The molecule has 6 nitrogen and oxygen atoms in total. The molecule has 1 aliphatic heterocycles. The molecular formula is C15H16N6. The summed E-state index contributed by atoms with van der Waals surface area (Å²) in [5.41, 5.74) is 8.22. The van der Waals surface area contributed by atoms with E-state index in [9.17, 15) is 0 Å². The first-order valence-corrected chi connectivity index (χ1v) is 6.84. The maximum absolute atomic E-state index is 8.77. The van der Waals surface area contributed by atoms with E-state index in [1.165, 1.54) is 0 Å². The van der Waals surface area contributed by atoms with Gasteiger partial charge >= 0.3 is 0 Å². The second-order valence-corrected chi connectivity index (χ2v) is 4.93. The van der Waals surface area contributed by atoms with Gasteiger partial charge in [-0.2, -0.15) is 5.26 Å². The quantitative estimate of drug-likeness (QED) is 0.891. The molecule has 1 saturated heterocycles. The summed E-state index contributed by atoms with van der Waals surface area (Å²) < 4.78 is 0. The van der Waals surface area contributed by atoms with E-state index < -0.39 is 0 Å². The van der Waals surface area contributed by atoms with E-state index >= 15 is 0 Å². The first-order valence-electron chi connectivity index (χ1n) is 6.84. The molecule has 0 aromatic carbocycles. The number of hydrogen-bond donors (Lipinski definition) is 1. The molecule has 1 aliphatic rings. The van der Waals surface area contributed by atoms with Crippen LogP contribution < -0.4 is 15.5 Å². The number of nitriles is 1. The average Bonchev–Trinajstić information content (AvgIpc) is 2.56. The van der Waals surface area contributed by atoms with Gasteiger partial charge in [0, 0.05) is 26.2 Å². The summed E-state index contributed by atoms with van der Waals surface area (Å²) in [6.45, 7) is 3.67. The van der Waals surface area contributed by atoms with Gasteiger partial charge in [0.05, 0.1) is 23.8 Å². The van der Waals surface area contributed by atoms with Crippen LogP contribution in [0.25, 0.3) is 0 Å². The molecule has 106 valence electrons. The normalized spacial score (nSPS) is 14.8. The molecule has 3 heterocycles. The first-order chi connectivity index (χ1) is 10.3. The van der Waals surface area contributed by atoms with Crippen molar-refractivity contribution in [2.75, 3.05) is 41.7 Å². The molecule has 3 rings (SSSR count). The van der Waals surface area contributed by atoms with Crippen LogP contribution in [0.4, 0.5) is 17.2 Å². The Hall–Kier alpha value is -2.81. The van der Waals surface area contributed by atoms with Crippen molar-refractivity contribution in [3.63, 3.8) is 0 Å². The molecule has 0 amide bonds. The van der Waals surface area contributed by atoms with Crippen molar-refractivity contribution in [2.24, 2.45) is 0 Å². The maximum Gasteiger partial charge on any atom is 0.140 e. The molecule has 2 aromatic rings. The SMILES string of the molecule is N#Cc1ccc(N2CCN(c3ccc(N)nc3)CC2)cn1. The second kappa shape index (κ2) is 5.67. The highest BCUT2D eigenvalue weighted by Gasteiger charge is 2.17. The lowest BCUT2D eigenvalue weighted by atomic mass is 10.2. The van der Waals surface area contributed by atoms with Gasteiger partial charge < -0.3 is 15.5 Å². The van der Waals surface area contributed by atoms with E-state index in [4.69, 9.17) is 11.0 Å². The number of pyridine rings is 2. The fraction of sp³-hybridized carbons (Fsp3) is 0.267. The lowest BCUT2D eigenvalue weighted by molar-refractivity contribution is 0.652. The highest BCUT2D eigenvalue weighted by atomic mass is 15.3. The molecule has 6 heteroatoms. The molecule has 0 atom stereocenters. The summed E-state index contributed by atoms with van der Waals surface area (Å²) in [6.07, 6.45) is 3.58. The monoisotopic (exact) mass is 280 g/mol.